The van der Waals surface area contributed by atoms with Crippen LogP contribution in [0.3, 0.4) is 0 Å². The highest BCUT2D eigenvalue weighted by Crippen LogP contribution is 2.30. The molecule has 20 heavy (non-hydrogen) atoms. The molecule has 0 spiro atoms. The van der Waals surface area contributed by atoms with Crippen molar-refractivity contribution in [3.8, 4) is 0 Å². The number of nitrogen functional groups attached to an aromatic ring is 1. The van der Waals surface area contributed by atoms with Gasteiger partial charge in [0.15, 0.2) is 5.65 Å². The largest absolute Gasteiger partial charge is 0.394 e. The number of nitrogens with one attached hydrogen (secondary N) is 1. The van der Waals surface area contributed by atoms with Crippen molar-refractivity contribution in [2.45, 2.75) is 24.9 Å². The molecule has 0 aliphatic carbocycles. The van der Waals surface area contributed by atoms with Gasteiger partial charge in [-0.1, -0.05) is 11.3 Å². The van der Waals surface area contributed by atoms with Crippen LogP contribution in [0.25, 0.3) is 10.3 Å². The number of fused-ring (bicyclic) bond motifs is 1. The molecule has 9 nitrogen and oxygen atoms in total. The minimum absolute atomic E-state index is 0.105. The summed E-state index contributed by atoms with van der Waals surface area (Å²) < 4.78 is 6.75. The first-order valence-electron chi connectivity index (χ1n) is 5.86. The van der Waals surface area contributed by atoms with Gasteiger partial charge in [0.25, 0.3) is 5.56 Å². The van der Waals surface area contributed by atoms with Crippen molar-refractivity contribution in [2.75, 3.05) is 12.3 Å². The van der Waals surface area contributed by atoms with E-state index in [0.29, 0.717) is 0 Å². The van der Waals surface area contributed by atoms with Gasteiger partial charge in [-0.25, -0.2) is 0 Å². The number of H-pyrrole nitrogens is 1. The zero-order valence-corrected chi connectivity index (χ0v) is 11.0. The van der Waals surface area contributed by atoms with E-state index >= 15 is 0 Å². The van der Waals surface area contributed by atoms with E-state index in [0.717, 1.165) is 11.3 Å². The van der Waals surface area contributed by atoms with Crippen LogP contribution in [0.2, 0.25) is 0 Å². The van der Waals surface area contributed by atoms with E-state index in [1.54, 1.807) is 0 Å². The van der Waals surface area contributed by atoms with Crippen molar-refractivity contribution in [1.29, 1.82) is 0 Å². The Morgan fingerprint density at radius 3 is 2.95 bits per heavy atom. The summed E-state index contributed by atoms with van der Waals surface area (Å²) in [7, 11) is 0. The number of nitrogens with two attached hydrogens (primary N) is 1. The van der Waals surface area contributed by atoms with Crippen LogP contribution in [0, 0.1) is 0 Å². The summed E-state index contributed by atoms with van der Waals surface area (Å²) in [6.07, 6.45) is -2.30. The quantitative estimate of drug-likeness (QED) is 0.521. The van der Waals surface area contributed by atoms with Crippen LogP contribution in [-0.4, -0.2) is 43.6 Å². The summed E-state index contributed by atoms with van der Waals surface area (Å²) in [5, 5.41) is 18.8. The molecule has 2 aromatic heterocycles. The molecule has 1 unspecified atom stereocenters. The van der Waals surface area contributed by atoms with Crippen LogP contribution in [-0.2, 0) is 4.74 Å². The van der Waals surface area contributed by atoms with E-state index in [4.69, 9.17) is 15.6 Å². The van der Waals surface area contributed by atoms with Gasteiger partial charge in [-0.2, -0.15) is 4.98 Å². The standard InChI is InChI=1S/C10H12N4O5S/c11-9-12-7-6(8(17)13-9)20-10(18)14(7)5-1-3(16)4(2-15)19-5/h3-5,15-16H,1-2H2,(H3,11,12,13,17)/t3-,4+,5?/m0/s1. The normalized spacial score (nSPS) is 26.4. The lowest BCUT2D eigenvalue weighted by atomic mass is 10.2. The van der Waals surface area contributed by atoms with Crippen LogP contribution in [0.1, 0.15) is 12.6 Å². The maximum Gasteiger partial charge on any atom is 0.311 e. The lowest BCUT2D eigenvalue weighted by Gasteiger charge is -2.13. The van der Waals surface area contributed by atoms with Crippen molar-refractivity contribution >= 4 is 27.6 Å². The molecule has 1 aliphatic rings. The molecule has 0 radical (unpaired) electrons. The van der Waals surface area contributed by atoms with E-state index in [1.165, 1.54) is 4.57 Å². The Kier molecular flexibility index (Phi) is 3.09. The molecule has 0 aromatic carbocycles. The summed E-state index contributed by atoms with van der Waals surface area (Å²) in [6.45, 7) is -0.357. The summed E-state index contributed by atoms with van der Waals surface area (Å²) in [5.74, 6) is -0.105. The molecule has 1 aliphatic heterocycles. The Labute approximate surface area is 115 Å². The van der Waals surface area contributed by atoms with E-state index in [1.807, 2.05) is 0 Å². The molecule has 3 rings (SSSR count). The van der Waals surface area contributed by atoms with Gasteiger partial charge in [0.1, 0.15) is 17.0 Å². The first-order valence-corrected chi connectivity index (χ1v) is 6.68. The van der Waals surface area contributed by atoms with Gasteiger partial charge < -0.3 is 20.7 Å². The third-order valence-electron chi connectivity index (χ3n) is 3.16. The number of hydrogen-bond acceptors (Lipinski definition) is 8. The maximum atomic E-state index is 12.0. The predicted octanol–water partition coefficient (Wildman–Crippen LogP) is -1.63. The molecule has 108 valence electrons. The minimum Gasteiger partial charge on any atom is -0.394 e. The van der Waals surface area contributed by atoms with Gasteiger partial charge in [-0.3, -0.25) is 19.1 Å². The van der Waals surface area contributed by atoms with Crippen molar-refractivity contribution < 1.29 is 14.9 Å². The number of aliphatic hydroxyl groups excluding tert-OH is 2. The van der Waals surface area contributed by atoms with Gasteiger partial charge in [0, 0.05) is 6.42 Å². The van der Waals surface area contributed by atoms with Gasteiger partial charge in [0.05, 0.1) is 12.7 Å². The zero-order valence-electron chi connectivity index (χ0n) is 10.1. The molecular formula is C10H12N4O5S. The minimum atomic E-state index is -0.883. The number of aromatic amines is 1. The Bertz CT molecular complexity index is 765. The summed E-state index contributed by atoms with van der Waals surface area (Å²) in [5.41, 5.74) is 5.10. The van der Waals surface area contributed by atoms with Crippen LogP contribution < -0.4 is 16.2 Å². The van der Waals surface area contributed by atoms with Crippen molar-refractivity contribution in [3.63, 3.8) is 0 Å². The smallest absolute Gasteiger partial charge is 0.311 e. The molecule has 3 atom stereocenters. The van der Waals surface area contributed by atoms with Gasteiger partial charge in [-0.05, 0) is 0 Å². The summed E-state index contributed by atoms with van der Waals surface area (Å²) in [6, 6.07) is 0. The molecule has 1 fully saturated rings. The van der Waals surface area contributed by atoms with E-state index in [-0.39, 0.29) is 29.3 Å². The van der Waals surface area contributed by atoms with Crippen molar-refractivity contribution in [2.24, 2.45) is 0 Å². The highest BCUT2D eigenvalue weighted by atomic mass is 32.1. The van der Waals surface area contributed by atoms with Crippen LogP contribution >= 0.6 is 11.3 Å². The molecule has 0 amide bonds. The number of aromatic nitrogens is 3. The highest BCUT2D eigenvalue weighted by Gasteiger charge is 2.36. The number of rotatable bonds is 2. The number of aliphatic hydroxyl groups is 2. The first kappa shape index (κ1) is 13.2. The number of nitrogens with zero attached hydrogens (tertiary/aromatic N) is 2. The average molecular weight is 300 g/mol. The number of anilines is 1. The van der Waals surface area contributed by atoms with Gasteiger partial charge in [0.2, 0.25) is 5.95 Å². The zero-order chi connectivity index (χ0) is 14.4. The maximum absolute atomic E-state index is 12.0. The average Bonchev–Trinajstić information content (AvgIpc) is 2.89. The van der Waals surface area contributed by atoms with Crippen molar-refractivity contribution in [1.82, 2.24) is 14.5 Å². The number of hydrogen-bond donors (Lipinski definition) is 4. The summed E-state index contributed by atoms with van der Waals surface area (Å²) >= 11 is 0.732. The second kappa shape index (κ2) is 4.66. The molecule has 3 heterocycles. The fourth-order valence-electron chi connectivity index (χ4n) is 2.24. The van der Waals surface area contributed by atoms with E-state index < -0.39 is 28.9 Å². The molecule has 10 heteroatoms. The lowest BCUT2D eigenvalue weighted by Crippen LogP contribution is -2.25. The lowest BCUT2D eigenvalue weighted by molar-refractivity contribution is -0.0437. The third kappa shape index (κ3) is 1.93. The van der Waals surface area contributed by atoms with E-state index in [9.17, 15) is 14.7 Å². The predicted molar refractivity (Wildman–Crippen MR) is 70.5 cm³/mol. The Balaban J connectivity index is 2.15. The molecule has 5 N–H and O–H groups in total. The molecule has 1 saturated heterocycles. The van der Waals surface area contributed by atoms with E-state index in [2.05, 4.69) is 9.97 Å². The second-order valence-electron chi connectivity index (χ2n) is 4.46. The van der Waals surface area contributed by atoms with Crippen molar-refractivity contribution in [3.05, 3.63) is 20.0 Å². The second-order valence-corrected chi connectivity index (χ2v) is 5.42. The fourth-order valence-corrected chi connectivity index (χ4v) is 3.09. The SMILES string of the molecule is Nc1nc2c(sc(=O)n2C2C[C@H](O)[C@@H](CO)O2)c(=O)[nH]1. The molecule has 2 aromatic rings. The third-order valence-corrected chi connectivity index (χ3v) is 4.11. The topological polar surface area (TPSA) is 143 Å². The summed E-state index contributed by atoms with van der Waals surface area (Å²) in [4.78, 5) is 29.6. The number of ether oxygens (including phenoxy) is 1. The van der Waals surface area contributed by atoms with Crippen LogP contribution in [0.4, 0.5) is 5.95 Å². The molecular weight excluding hydrogens is 288 g/mol. The van der Waals surface area contributed by atoms with Gasteiger partial charge >= 0.3 is 4.87 Å². The van der Waals surface area contributed by atoms with Crippen LogP contribution in [0.15, 0.2) is 9.59 Å². The number of thiazole rings is 1. The van der Waals surface area contributed by atoms with Gasteiger partial charge in [-0.15, -0.1) is 0 Å². The highest BCUT2D eigenvalue weighted by molar-refractivity contribution is 7.16. The Morgan fingerprint density at radius 1 is 1.55 bits per heavy atom. The first-order chi connectivity index (χ1) is 9.51. The molecule has 0 saturated carbocycles. The Morgan fingerprint density at radius 2 is 2.30 bits per heavy atom. The Hall–Kier alpha value is -1.75. The monoisotopic (exact) mass is 300 g/mol. The fraction of sp³-hybridized carbons (Fsp3) is 0.500. The molecule has 0 bridgehead atoms. The van der Waals surface area contributed by atoms with Crippen LogP contribution in [0.5, 0.6) is 0 Å².